The Morgan fingerprint density at radius 1 is 0.368 bits per heavy atom. The summed E-state index contributed by atoms with van der Waals surface area (Å²) in [5, 5.41) is 0. The lowest BCUT2D eigenvalue weighted by Gasteiger charge is -2.18. The van der Waals surface area contributed by atoms with E-state index in [2.05, 4.69) is 93.7 Å². The van der Waals surface area contributed by atoms with Crippen LogP contribution in [0.3, 0.4) is 0 Å². The summed E-state index contributed by atoms with van der Waals surface area (Å²) in [7, 11) is 0. The van der Waals surface area contributed by atoms with Crippen LogP contribution in [0, 0.1) is 0 Å². The fourth-order valence-electron chi connectivity index (χ4n) is 6.19. The van der Waals surface area contributed by atoms with Gasteiger partial charge < -0.3 is 14.2 Å². The standard InChI is InChI=1S/C51H86O6/c1-4-7-10-13-16-19-22-25-27-29-32-35-38-41-44-50(53)56-47-48(46-55-49(52)43-40-37-34-31-28-24-21-18-15-12-9-6-3)57-51(54)45-42-39-36-33-30-26-23-20-17-14-11-8-5-2/h7,9-10,12,16,18-19,21,26,28,30-31,48H,4-6,8,11,13-15,17,20,22-25,27,29,32-47H2,1-3H3/b10-7-,12-9-,19-16-,21-18-,30-26-,31-28-. The zero-order valence-corrected chi connectivity index (χ0v) is 37.1. The Balaban J connectivity index is 4.47. The molecule has 0 aliphatic rings. The topological polar surface area (TPSA) is 78.9 Å². The number of hydrogen-bond donors (Lipinski definition) is 0. The summed E-state index contributed by atoms with van der Waals surface area (Å²) in [5.74, 6) is -0.968. The number of ether oxygens (including phenoxy) is 3. The molecule has 0 saturated carbocycles. The van der Waals surface area contributed by atoms with E-state index in [1.54, 1.807) is 0 Å². The van der Waals surface area contributed by atoms with Gasteiger partial charge in [0.2, 0.25) is 0 Å². The highest BCUT2D eigenvalue weighted by Crippen LogP contribution is 2.13. The Hall–Kier alpha value is -3.15. The van der Waals surface area contributed by atoms with Gasteiger partial charge in [0, 0.05) is 19.3 Å². The van der Waals surface area contributed by atoms with Crippen molar-refractivity contribution < 1.29 is 28.6 Å². The fourth-order valence-corrected chi connectivity index (χ4v) is 6.19. The SMILES string of the molecule is CC/C=C\C/C=C\C/C=C\CCCCC(=O)OCC(COC(=O)CCCCCCCCC/C=C\C/C=C\CC)OC(=O)CCCCC/C=C\CCCCCCCC. The van der Waals surface area contributed by atoms with E-state index in [4.69, 9.17) is 14.2 Å². The van der Waals surface area contributed by atoms with Crippen molar-refractivity contribution in [2.45, 2.75) is 219 Å². The second-order valence-electron chi connectivity index (χ2n) is 15.2. The van der Waals surface area contributed by atoms with Gasteiger partial charge in [-0.2, -0.15) is 0 Å². The van der Waals surface area contributed by atoms with Crippen molar-refractivity contribution in [3.63, 3.8) is 0 Å². The van der Waals surface area contributed by atoms with Gasteiger partial charge in [0.25, 0.3) is 0 Å². The van der Waals surface area contributed by atoms with Crippen molar-refractivity contribution >= 4 is 17.9 Å². The number of hydrogen-bond acceptors (Lipinski definition) is 6. The van der Waals surface area contributed by atoms with E-state index in [-0.39, 0.29) is 31.1 Å². The van der Waals surface area contributed by atoms with Gasteiger partial charge in [-0.15, -0.1) is 0 Å². The molecule has 0 heterocycles. The third kappa shape index (κ3) is 43.8. The fraction of sp³-hybridized carbons (Fsp3) is 0.706. The lowest BCUT2D eigenvalue weighted by molar-refractivity contribution is -0.167. The van der Waals surface area contributed by atoms with Crippen LogP contribution in [0.2, 0.25) is 0 Å². The molecule has 0 rings (SSSR count). The van der Waals surface area contributed by atoms with E-state index < -0.39 is 6.10 Å². The van der Waals surface area contributed by atoms with Crippen LogP contribution < -0.4 is 0 Å². The highest BCUT2D eigenvalue weighted by Gasteiger charge is 2.19. The molecule has 1 atom stereocenters. The first-order valence-electron chi connectivity index (χ1n) is 23.4. The van der Waals surface area contributed by atoms with Gasteiger partial charge in [0.1, 0.15) is 13.2 Å². The molecule has 6 nitrogen and oxygen atoms in total. The Morgan fingerprint density at radius 2 is 0.684 bits per heavy atom. The molecule has 57 heavy (non-hydrogen) atoms. The first-order chi connectivity index (χ1) is 28.0. The molecule has 0 bridgehead atoms. The normalized spacial score (nSPS) is 12.7. The molecule has 0 aromatic heterocycles. The number of carbonyl (C=O) groups excluding carboxylic acids is 3. The Kier molecular flexibility index (Phi) is 43.0. The summed E-state index contributed by atoms with van der Waals surface area (Å²) in [5.41, 5.74) is 0. The summed E-state index contributed by atoms with van der Waals surface area (Å²) in [4.78, 5) is 37.8. The maximum absolute atomic E-state index is 12.7. The minimum atomic E-state index is -0.800. The summed E-state index contributed by atoms with van der Waals surface area (Å²) in [6.07, 6.45) is 56.0. The van der Waals surface area contributed by atoms with E-state index >= 15 is 0 Å². The second kappa shape index (κ2) is 45.6. The molecule has 6 heteroatoms. The van der Waals surface area contributed by atoms with Crippen LogP contribution in [0.15, 0.2) is 72.9 Å². The monoisotopic (exact) mass is 795 g/mol. The lowest BCUT2D eigenvalue weighted by atomic mass is 10.1. The summed E-state index contributed by atoms with van der Waals surface area (Å²) in [6.45, 7) is 6.34. The van der Waals surface area contributed by atoms with Crippen LogP contribution in [0.4, 0.5) is 0 Å². The quantitative estimate of drug-likeness (QED) is 0.0265. The number of rotatable bonds is 41. The van der Waals surface area contributed by atoms with Crippen LogP contribution in [-0.2, 0) is 28.6 Å². The smallest absolute Gasteiger partial charge is 0.306 e. The molecule has 1 unspecified atom stereocenters. The van der Waals surface area contributed by atoms with Gasteiger partial charge in [-0.05, 0) is 103 Å². The highest BCUT2D eigenvalue weighted by molar-refractivity contribution is 5.71. The van der Waals surface area contributed by atoms with E-state index in [1.165, 1.54) is 64.2 Å². The van der Waals surface area contributed by atoms with Gasteiger partial charge in [0.05, 0.1) is 0 Å². The van der Waals surface area contributed by atoms with Gasteiger partial charge in [-0.3, -0.25) is 14.4 Å². The van der Waals surface area contributed by atoms with Crippen molar-refractivity contribution in [3.8, 4) is 0 Å². The van der Waals surface area contributed by atoms with E-state index in [1.807, 2.05) is 0 Å². The number of unbranched alkanes of at least 4 members (excludes halogenated alkanes) is 18. The Labute approximate surface area is 351 Å². The third-order valence-electron chi connectivity index (χ3n) is 9.68. The molecule has 0 spiro atoms. The van der Waals surface area contributed by atoms with E-state index in [9.17, 15) is 14.4 Å². The maximum Gasteiger partial charge on any atom is 0.306 e. The van der Waals surface area contributed by atoms with Crippen molar-refractivity contribution in [1.29, 1.82) is 0 Å². The molecule has 0 aliphatic heterocycles. The predicted molar refractivity (Wildman–Crippen MR) is 242 cm³/mol. The molecule has 0 amide bonds. The molecule has 0 aromatic rings. The lowest BCUT2D eigenvalue weighted by Crippen LogP contribution is -2.30. The van der Waals surface area contributed by atoms with Crippen LogP contribution >= 0.6 is 0 Å². The minimum Gasteiger partial charge on any atom is -0.462 e. The number of esters is 3. The van der Waals surface area contributed by atoms with Gasteiger partial charge in [-0.1, -0.05) is 164 Å². The van der Waals surface area contributed by atoms with Crippen LogP contribution in [-0.4, -0.2) is 37.2 Å². The maximum atomic E-state index is 12.7. The molecule has 0 aliphatic carbocycles. The van der Waals surface area contributed by atoms with E-state index in [0.717, 1.165) is 109 Å². The van der Waals surface area contributed by atoms with Crippen LogP contribution in [0.5, 0.6) is 0 Å². The molecule has 0 N–H and O–H groups in total. The Morgan fingerprint density at radius 3 is 1.14 bits per heavy atom. The molecule has 0 saturated heterocycles. The molecule has 0 aromatic carbocycles. The molecule has 0 radical (unpaired) electrons. The highest BCUT2D eigenvalue weighted by atomic mass is 16.6. The average molecular weight is 795 g/mol. The third-order valence-corrected chi connectivity index (χ3v) is 9.68. The first kappa shape index (κ1) is 53.9. The van der Waals surface area contributed by atoms with Crippen molar-refractivity contribution in [2.75, 3.05) is 13.2 Å². The van der Waals surface area contributed by atoms with Gasteiger partial charge >= 0.3 is 17.9 Å². The summed E-state index contributed by atoms with van der Waals surface area (Å²) in [6, 6.07) is 0. The zero-order valence-electron chi connectivity index (χ0n) is 37.1. The van der Waals surface area contributed by atoms with Crippen molar-refractivity contribution in [1.82, 2.24) is 0 Å². The summed E-state index contributed by atoms with van der Waals surface area (Å²) < 4.78 is 16.7. The van der Waals surface area contributed by atoms with Crippen LogP contribution in [0.25, 0.3) is 0 Å². The van der Waals surface area contributed by atoms with Crippen LogP contribution in [0.1, 0.15) is 213 Å². The van der Waals surface area contributed by atoms with Crippen molar-refractivity contribution in [2.24, 2.45) is 0 Å². The molecular weight excluding hydrogens is 709 g/mol. The predicted octanol–water partition coefficient (Wildman–Crippen LogP) is 15.1. The molecule has 326 valence electrons. The average Bonchev–Trinajstić information content (AvgIpc) is 3.21. The first-order valence-corrected chi connectivity index (χ1v) is 23.4. The molecule has 0 fully saturated rings. The number of carbonyl (C=O) groups is 3. The van der Waals surface area contributed by atoms with Gasteiger partial charge in [0.15, 0.2) is 6.10 Å². The number of allylic oxidation sites excluding steroid dienone is 12. The summed E-state index contributed by atoms with van der Waals surface area (Å²) >= 11 is 0. The largest absolute Gasteiger partial charge is 0.462 e. The van der Waals surface area contributed by atoms with Gasteiger partial charge in [-0.25, -0.2) is 0 Å². The van der Waals surface area contributed by atoms with Crippen molar-refractivity contribution in [3.05, 3.63) is 72.9 Å². The molecular formula is C51H86O6. The zero-order chi connectivity index (χ0) is 41.5. The van der Waals surface area contributed by atoms with E-state index in [0.29, 0.717) is 19.3 Å². The Bertz CT molecular complexity index is 1100. The second-order valence-corrected chi connectivity index (χ2v) is 15.2. The minimum absolute atomic E-state index is 0.0985.